The number of carbonyl (C=O) groups is 1. The number of carboxylic acid groups (broad SMARTS) is 1. The number of rotatable bonds is 35. The van der Waals surface area contributed by atoms with Gasteiger partial charge in [-0.3, -0.25) is 4.79 Å². The van der Waals surface area contributed by atoms with Gasteiger partial charge in [-0.1, -0.05) is 205 Å². The van der Waals surface area contributed by atoms with Crippen molar-refractivity contribution in [1.82, 2.24) is 0 Å². The Labute approximate surface area is 262 Å². The van der Waals surface area contributed by atoms with Gasteiger partial charge in [0.05, 0.1) is 0 Å². The second-order valence-electron chi connectivity index (χ2n) is 12.6. The Morgan fingerprint density at radius 2 is 0.500 bits per heavy atom. The first-order chi connectivity index (χ1) is 19.6. The molecule has 0 saturated heterocycles. The number of hydrogen-bond donors (Lipinski definition) is 2. The van der Waals surface area contributed by atoms with Gasteiger partial charge in [0.2, 0.25) is 0 Å². The van der Waals surface area contributed by atoms with Crippen LogP contribution in [0.15, 0.2) is 0 Å². The van der Waals surface area contributed by atoms with Crippen molar-refractivity contribution in [3.8, 4) is 0 Å². The van der Waals surface area contributed by atoms with E-state index < -0.39 is 5.97 Å². The monoisotopic (exact) mass is 598 g/mol. The predicted octanol–water partition coefficient (Wildman–Crippen LogP) is 13.6. The van der Waals surface area contributed by atoms with E-state index in [0.717, 1.165) is 23.5 Å². The normalized spacial score (nSPS) is 11.3. The lowest BCUT2D eigenvalue weighted by molar-refractivity contribution is -0.137. The van der Waals surface area contributed by atoms with Crippen LogP contribution in [0.2, 0.25) is 0 Å². The zero-order valence-corrected chi connectivity index (χ0v) is 28.5. The summed E-state index contributed by atoms with van der Waals surface area (Å²) in [7, 11) is 0. The van der Waals surface area contributed by atoms with Crippen LogP contribution in [0.25, 0.3) is 0 Å². The highest BCUT2D eigenvalue weighted by Gasteiger charge is 1.98. The lowest BCUT2D eigenvalue weighted by atomic mass is 10.0. The Hall–Kier alpha value is -0.0900. The largest absolute Gasteiger partial charge is 0.481 e. The zero-order valence-electron chi connectivity index (χ0n) is 26.8. The zero-order chi connectivity index (χ0) is 29.2. The van der Waals surface area contributed by atoms with Crippen molar-refractivity contribution in [3.63, 3.8) is 0 Å². The maximum atomic E-state index is 10.5. The Morgan fingerprint density at radius 1 is 0.350 bits per heavy atom. The quantitative estimate of drug-likeness (QED) is 0.0433. The van der Waals surface area contributed by atoms with Crippen LogP contribution in [0.4, 0.5) is 0 Å². The molecule has 0 aromatic rings. The van der Waals surface area contributed by atoms with Crippen molar-refractivity contribution in [1.29, 1.82) is 0 Å². The topological polar surface area (TPSA) is 37.3 Å². The summed E-state index contributed by atoms with van der Waals surface area (Å²) in [4.78, 5) is 10.5. The van der Waals surface area contributed by atoms with Crippen LogP contribution < -0.4 is 0 Å². The van der Waals surface area contributed by atoms with Gasteiger partial charge in [-0.05, 0) is 19.3 Å². The molecule has 4 heteroatoms. The molecule has 0 aliphatic carbocycles. The third-order valence-electron chi connectivity index (χ3n) is 8.53. The molecular formula is C36H70O2S2. The maximum Gasteiger partial charge on any atom is 0.303 e. The Bertz CT molecular complexity index is 477. The van der Waals surface area contributed by atoms with Crippen molar-refractivity contribution < 1.29 is 9.90 Å². The lowest BCUT2D eigenvalue weighted by Gasteiger charge is -2.05. The summed E-state index contributed by atoms with van der Waals surface area (Å²) in [5.41, 5.74) is 0. The number of thiol groups is 1. The summed E-state index contributed by atoms with van der Waals surface area (Å²) in [6.45, 7) is 0. The lowest BCUT2D eigenvalue weighted by Crippen LogP contribution is -1.93. The van der Waals surface area contributed by atoms with Crippen molar-refractivity contribution in [2.75, 3.05) is 0 Å². The third-order valence-corrected chi connectivity index (χ3v) is 8.96. The molecule has 0 saturated carbocycles. The SMILES string of the molecule is O=C(O)CCCCCCCCCCCCCCCCCCCCCCCCCCCCCCCCCCC(=S)S. The summed E-state index contributed by atoms with van der Waals surface area (Å²) < 4.78 is 0.874. The van der Waals surface area contributed by atoms with E-state index in [1.807, 2.05) is 0 Å². The summed E-state index contributed by atoms with van der Waals surface area (Å²) in [5, 5.41) is 8.63. The molecule has 0 spiro atoms. The van der Waals surface area contributed by atoms with Crippen LogP contribution in [0.5, 0.6) is 0 Å². The van der Waals surface area contributed by atoms with E-state index in [1.54, 1.807) is 0 Å². The van der Waals surface area contributed by atoms with E-state index in [-0.39, 0.29) is 0 Å². The minimum absolute atomic E-state index is 0.344. The first kappa shape index (κ1) is 39.9. The fourth-order valence-electron chi connectivity index (χ4n) is 5.86. The van der Waals surface area contributed by atoms with Gasteiger partial charge in [-0.15, -0.1) is 12.6 Å². The van der Waals surface area contributed by atoms with Gasteiger partial charge in [-0.2, -0.15) is 0 Å². The second-order valence-corrected chi connectivity index (χ2v) is 13.9. The minimum Gasteiger partial charge on any atom is -0.481 e. The number of carboxylic acids is 1. The molecule has 0 heterocycles. The molecule has 238 valence electrons. The molecule has 2 nitrogen and oxygen atoms in total. The summed E-state index contributed by atoms with van der Waals surface area (Å²) in [6, 6.07) is 0. The van der Waals surface area contributed by atoms with Gasteiger partial charge in [0.25, 0.3) is 0 Å². The van der Waals surface area contributed by atoms with Gasteiger partial charge in [0.1, 0.15) is 0 Å². The van der Waals surface area contributed by atoms with Crippen LogP contribution in [0, 0.1) is 0 Å². The minimum atomic E-state index is -0.650. The smallest absolute Gasteiger partial charge is 0.303 e. The molecule has 0 bridgehead atoms. The predicted molar refractivity (Wildman–Crippen MR) is 186 cm³/mol. The molecule has 0 aliphatic heterocycles. The molecule has 0 atom stereocenters. The highest BCUT2D eigenvalue weighted by atomic mass is 32.1. The molecule has 0 unspecified atom stereocenters. The third kappa shape index (κ3) is 37.9. The number of aliphatic carboxylic acids is 1. The molecule has 0 rings (SSSR count). The van der Waals surface area contributed by atoms with E-state index in [0.29, 0.717) is 6.42 Å². The van der Waals surface area contributed by atoms with Crippen molar-refractivity contribution in [2.45, 2.75) is 218 Å². The molecule has 0 radical (unpaired) electrons. The molecule has 0 aromatic heterocycles. The Balaban J connectivity index is 3.04. The fourth-order valence-corrected chi connectivity index (χ4v) is 6.16. The second kappa shape index (κ2) is 35.1. The standard InChI is InChI=1S/C36H70O2S2/c37-35(38)33-31-29-27-25-23-21-19-17-15-13-11-9-7-5-3-1-2-4-6-8-10-12-14-16-18-20-22-24-26-28-30-32-34-36(39)40/h1-34H2,(H,37,38)(H,39,40). The van der Waals surface area contributed by atoms with E-state index in [9.17, 15) is 4.79 Å². The molecule has 0 fully saturated rings. The van der Waals surface area contributed by atoms with E-state index in [2.05, 4.69) is 12.6 Å². The number of unbranched alkanes of at least 4 members (excludes halogenated alkanes) is 31. The van der Waals surface area contributed by atoms with Crippen molar-refractivity contribution >= 4 is 35.0 Å². The Kier molecular flexibility index (Phi) is 35.0. The van der Waals surface area contributed by atoms with Gasteiger partial charge >= 0.3 is 5.97 Å². The molecule has 0 amide bonds. The highest BCUT2D eigenvalue weighted by molar-refractivity contribution is 8.11. The molecule has 0 aliphatic rings. The van der Waals surface area contributed by atoms with Crippen LogP contribution >= 0.6 is 24.8 Å². The van der Waals surface area contributed by atoms with Gasteiger partial charge < -0.3 is 5.11 Å². The van der Waals surface area contributed by atoms with Crippen LogP contribution in [-0.4, -0.2) is 15.3 Å². The van der Waals surface area contributed by atoms with Crippen LogP contribution in [0.1, 0.15) is 218 Å². The molecule has 0 aromatic carbocycles. The highest BCUT2D eigenvalue weighted by Crippen LogP contribution is 2.17. The van der Waals surface area contributed by atoms with Gasteiger partial charge in [0, 0.05) is 10.6 Å². The van der Waals surface area contributed by atoms with Crippen LogP contribution in [0.3, 0.4) is 0 Å². The fraction of sp³-hybridized carbons (Fsp3) is 0.944. The summed E-state index contributed by atoms with van der Waals surface area (Å²) in [6.07, 6.45) is 45.7. The van der Waals surface area contributed by atoms with E-state index in [1.165, 1.54) is 193 Å². The van der Waals surface area contributed by atoms with E-state index >= 15 is 0 Å². The van der Waals surface area contributed by atoms with Crippen molar-refractivity contribution in [2.24, 2.45) is 0 Å². The molecular weight excluding hydrogens is 529 g/mol. The summed E-state index contributed by atoms with van der Waals surface area (Å²) in [5.74, 6) is -0.650. The van der Waals surface area contributed by atoms with Crippen LogP contribution in [-0.2, 0) is 4.79 Å². The maximum absolute atomic E-state index is 10.5. The molecule has 1 N–H and O–H groups in total. The van der Waals surface area contributed by atoms with E-state index in [4.69, 9.17) is 17.3 Å². The number of hydrogen-bond acceptors (Lipinski definition) is 2. The summed E-state index contributed by atoms with van der Waals surface area (Å²) >= 11 is 9.20. The average molecular weight is 599 g/mol. The molecule has 40 heavy (non-hydrogen) atoms. The average Bonchev–Trinajstić information content (AvgIpc) is 2.93. The first-order valence-electron chi connectivity index (χ1n) is 18.1. The van der Waals surface area contributed by atoms with Gasteiger partial charge in [0.15, 0.2) is 0 Å². The number of thiocarbonyl (C=S) groups is 1. The van der Waals surface area contributed by atoms with Gasteiger partial charge in [-0.25, -0.2) is 0 Å². The van der Waals surface area contributed by atoms with Crippen molar-refractivity contribution in [3.05, 3.63) is 0 Å². The Morgan fingerprint density at radius 3 is 0.650 bits per heavy atom. The first-order valence-corrected chi connectivity index (χ1v) is 18.9.